The van der Waals surface area contributed by atoms with Crippen LogP contribution < -0.4 is 10.6 Å². The summed E-state index contributed by atoms with van der Waals surface area (Å²) < 4.78 is 0. The summed E-state index contributed by atoms with van der Waals surface area (Å²) in [4.78, 5) is 27.6. The SMILES string of the molecule is CC(C)c1ccc(NC(=O)C2CCN(C(=O)[C@@H]3Cc4ccccc4C[NH2+]3)CC2)cc1. The van der Waals surface area contributed by atoms with Crippen molar-refractivity contribution in [2.24, 2.45) is 5.92 Å². The van der Waals surface area contributed by atoms with E-state index < -0.39 is 0 Å². The summed E-state index contributed by atoms with van der Waals surface area (Å²) in [5.41, 5.74) is 4.73. The summed E-state index contributed by atoms with van der Waals surface area (Å²) in [6, 6.07) is 16.4. The zero-order valence-corrected chi connectivity index (χ0v) is 17.9. The first-order valence-electron chi connectivity index (χ1n) is 11.1. The fourth-order valence-electron chi connectivity index (χ4n) is 4.53. The third-order valence-corrected chi connectivity index (χ3v) is 6.52. The average molecular weight is 407 g/mol. The molecule has 0 aliphatic carbocycles. The zero-order chi connectivity index (χ0) is 21.1. The standard InChI is InChI=1S/C25H31N3O2/c1-17(2)18-7-9-22(10-8-18)27-24(29)19-11-13-28(14-12-19)25(30)23-15-20-5-3-4-6-21(20)16-26-23/h3-10,17,19,23,26H,11-16H2,1-2H3,(H,27,29)/p+1/t23-/m0/s1. The summed E-state index contributed by atoms with van der Waals surface area (Å²) in [7, 11) is 0. The van der Waals surface area contributed by atoms with Crippen molar-refractivity contribution in [3.8, 4) is 0 Å². The molecule has 0 saturated carbocycles. The van der Waals surface area contributed by atoms with Crippen LogP contribution in [-0.2, 0) is 22.6 Å². The minimum atomic E-state index is -0.0373. The second kappa shape index (κ2) is 9.00. The van der Waals surface area contributed by atoms with E-state index in [0.717, 1.165) is 31.5 Å². The van der Waals surface area contributed by atoms with E-state index in [0.29, 0.717) is 19.0 Å². The van der Waals surface area contributed by atoms with E-state index in [9.17, 15) is 9.59 Å². The number of nitrogens with one attached hydrogen (secondary N) is 1. The minimum Gasteiger partial charge on any atom is -0.337 e. The first kappa shape index (κ1) is 20.6. The Balaban J connectivity index is 1.28. The highest BCUT2D eigenvalue weighted by molar-refractivity contribution is 5.92. The van der Waals surface area contributed by atoms with E-state index in [1.807, 2.05) is 23.1 Å². The lowest BCUT2D eigenvalue weighted by Crippen LogP contribution is -2.93. The molecule has 0 bridgehead atoms. The highest BCUT2D eigenvalue weighted by Crippen LogP contribution is 2.22. The van der Waals surface area contributed by atoms with Gasteiger partial charge in [0.25, 0.3) is 5.91 Å². The molecule has 1 fully saturated rings. The summed E-state index contributed by atoms with van der Waals surface area (Å²) >= 11 is 0. The molecule has 5 heteroatoms. The van der Waals surface area contributed by atoms with Crippen LogP contribution in [0, 0.1) is 5.92 Å². The molecule has 2 aromatic carbocycles. The van der Waals surface area contributed by atoms with E-state index in [-0.39, 0.29) is 23.8 Å². The Kier molecular flexibility index (Phi) is 6.18. The molecule has 2 amide bonds. The number of rotatable bonds is 4. The number of anilines is 1. The van der Waals surface area contributed by atoms with Crippen molar-refractivity contribution in [2.75, 3.05) is 18.4 Å². The number of carbonyl (C=O) groups excluding carboxylic acids is 2. The number of quaternary nitrogens is 1. The van der Waals surface area contributed by atoms with Crippen LogP contribution in [0.3, 0.4) is 0 Å². The largest absolute Gasteiger partial charge is 0.337 e. The van der Waals surface area contributed by atoms with Crippen molar-refractivity contribution in [2.45, 2.75) is 51.6 Å². The van der Waals surface area contributed by atoms with Gasteiger partial charge >= 0.3 is 0 Å². The van der Waals surface area contributed by atoms with Crippen LogP contribution in [0.15, 0.2) is 48.5 Å². The van der Waals surface area contributed by atoms with Crippen molar-refractivity contribution < 1.29 is 14.9 Å². The quantitative estimate of drug-likeness (QED) is 0.820. The third kappa shape index (κ3) is 4.57. The van der Waals surface area contributed by atoms with Gasteiger partial charge in [-0.3, -0.25) is 9.59 Å². The highest BCUT2D eigenvalue weighted by Gasteiger charge is 2.34. The Hall–Kier alpha value is -2.66. The molecule has 0 unspecified atom stereocenters. The summed E-state index contributed by atoms with van der Waals surface area (Å²) in [6.07, 6.45) is 2.25. The van der Waals surface area contributed by atoms with Crippen LogP contribution in [-0.4, -0.2) is 35.8 Å². The first-order valence-corrected chi connectivity index (χ1v) is 11.1. The molecule has 4 rings (SSSR count). The molecule has 1 atom stereocenters. The van der Waals surface area contributed by atoms with E-state index in [4.69, 9.17) is 0 Å². The Morgan fingerprint density at radius 2 is 1.67 bits per heavy atom. The maximum Gasteiger partial charge on any atom is 0.281 e. The second-order valence-corrected chi connectivity index (χ2v) is 8.88. The van der Waals surface area contributed by atoms with Gasteiger partial charge in [-0.1, -0.05) is 50.2 Å². The van der Waals surface area contributed by atoms with E-state index in [1.165, 1.54) is 16.7 Å². The number of nitrogens with zero attached hydrogens (tertiary/aromatic N) is 1. The van der Waals surface area contributed by atoms with Gasteiger partial charge in [-0.15, -0.1) is 0 Å². The molecule has 5 nitrogen and oxygen atoms in total. The smallest absolute Gasteiger partial charge is 0.281 e. The van der Waals surface area contributed by atoms with Gasteiger partial charge in [0, 0.05) is 36.7 Å². The van der Waals surface area contributed by atoms with Crippen LogP contribution in [0.4, 0.5) is 5.69 Å². The predicted octanol–water partition coefficient (Wildman–Crippen LogP) is 2.68. The van der Waals surface area contributed by atoms with Gasteiger partial charge in [-0.25, -0.2) is 0 Å². The van der Waals surface area contributed by atoms with Crippen molar-refractivity contribution in [3.05, 3.63) is 65.2 Å². The number of hydrogen-bond acceptors (Lipinski definition) is 2. The molecule has 2 aliphatic rings. The number of benzene rings is 2. The Morgan fingerprint density at radius 1 is 1.00 bits per heavy atom. The van der Waals surface area contributed by atoms with Crippen molar-refractivity contribution in [1.29, 1.82) is 0 Å². The van der Waals surface area contributed by atoms with Gasteiger partial charge < -0.3 is 15.5 Å². The molecule has 1 saturated heterocycles. The molecule has 2 aliphatic heterocycles. The molecule has 0 aromatic heterocycles. The van der Waals surface area contributed by atoms with Gasteiger partial charge in [0.15, 0.2) is 6.04 Å². The molecule has 0 radical (unpaired) electrons. The third-order valence-electron chi connectivity index (χ3n) is 6.52. The Labute approximate surface area is 178 Å². The van der Waals surface area contributed by atoms with Crippen molar-refractivity contribution >= 4 is 17.5 Å². The van der Waals surface area contributed by atoms with E-state index in [2.05, 4.69) is 54.8 Å². The maximum absolute atomic E-state index is 13.0. The van der Waals surface area contributed by atoms with Crippen LogP contribution in [0.2, 0.25) is 0 Å². The van der Waals surface area contributed by atoms with Gasteiger partial charge in [0.1, 0.15) is 6.54 Å². The fraction of sp³-hybridized carbons (Fsp3) is 0.440. The molecule has 30 heavy (non-hydrogen) atoms. The van der Waals surface area contributed by atoms with Crippen LogP contribution in [0.1, 0.15) is 49.3 Å². The number of carbonyl (C=O) groups is 2. The minimum absolute atomic E-state index is 0.0325. The second-order valence-electron chi connectivity index (χ2n) is 8.88. The molecule has 0 spiro atoms. The fourth-order valence-corrected chi connectivity index (χ4v) is 4.53. The number of likely N-dealkylation sites (tertiary alicyclic amines) is 1. The number of hydrogen-bond donors (Lipinski definition) is 2. The number of nitrogens with two attached hydrogens (primary N) is 1. The molecule has 158 valence electrons. The van der Waals surface area contributed by atoms with Crippen molar-refractivity contribution in [1.82, 2.24) is 4.90 Å². The Morgan fingerprint density at radius 3 is 2.33 bits per heavy atom. The predicted molar refractivity (Wildman–Crippen MR) is 118 cm³/mol. The van der Waals surface area contributed by atoms with Crippen LogP contribution >= 0.6 is 0 Å². The lowest BCUT2D eigenvalue weighted by Gasteiger charge is -2.34. The lowest BCUT2D eigenvalue weighted by molar-refractivity contribution is -0.695. The van der Waals surface area contributed by atoms with Crippen LogP contribution in [0.5, 0.6) is 0 Å². The zero-order valence-electron chi connectivity index (χ0n) is 17.9. The number of piperidine rings is 1. The summed E-state index contributed by atoms with van der Waals surface area (Å²) in [6.45, 7) is 6.50. The maximum atomic E-state index is 13.0. The molecular weight excluding hydrogens is 374 g/mol. The Bertz CT molecular complexity index is 899. The van der Waals surface area contributed by atoms with Gasteiger partial charge in [-0.2, -0.15) is 0 Å². The first-order chi connectivity index (χ1) is 14.5. The molecule has 3 N–H and O–H groups in total. The van der Waals surface area contributed by atoms with Gasteiger partial charge in [0.05, 0.1) is 0 Å². The normalized spacial score (nSPS) is 19.4. The topological polar surface area (TPSA) is 66.0 Å². The molecular formula is C25H32N3O2+. The number of fused-ring (bicyclic) bond motifs is 1. The summed E-state index contributed by atoms with van der Waals surface area (Å²) in [5.74, 6) is 0.728. The lowest BCUT2D eigenvalue weighted by atomic mass is 9.92. The van der Waals surface area contributed by atoms with Crippen molar-refractivity contribution in [3.63, 3.8) is 0 Å². The van der Waals surface area contributed by atoms with Gasteiger partial charge in [-0.05, 0) is 42.0 Å². The summed E-state index contributed by atoms with van der Waals surface area (Å²) in [5, 5.41) is 5.20. The molecule has 2 heterocycles. The molecule has 2 aromatic rings. The van der Waals surface area contributed by atoms with E-state index in [1.54, 1.807) is 0 Å². The van der Waals surface area contributed by atoms with Gasteiger partial charge in [0.2, 0.25) is 5.91 Å². The highest BCUT2D eigenvalue weighted by atomic mass is 16.2. The monoisotopic (exact) mass is 406 g/mol. The van der Waals surface area contributed by atoms with E-state index >= 15 is 0 Å². The number of amides is 2. The van der Waals surface area contributed by atoms with Crippen LogP contribution in [0.25, 0.3) is 0 Å². The average Bonchev–Trinajstić information content (AvgIpc) is 2.78.